The first-order valence-electron chi connectivity index (χ1n) is 18.3. The van der Waals surface area contributed by atoms with Crippen molar-refractivity contribution in [1.29, 1.82) is 0 Å². The fourth-order valence-electron chi connectivity index (χ4n) is 4.49. The molecule has 0 amide bonds. The van der Waals surface area contributed by atoms with Crippen molar-refractivity contribution in [2.24, 2.45) is 0 Å². The van der Waals surface area contributed by atoms with Gasteiger partial charge in [-0.15, -0.1) is 0 Å². The molecule has 0 spiro atoms. The van der Waals surface area contributed by atoms with Gasteiger partial charge in [-0.05, 0) is 89.9 Å². The van der Waals surface area contributed by atoms with Crippen LogP contribution in [0.15, 0.2) is 60.8 Å². The second-order valence-corrected chi connectivity index (χ2v) is 11.7. The molecule has 0 bridgehead atoms. The summed E-state index contributed by atoms with van der Waals surface area (Å²) in [5.74, 6) is -1.01. The number of ether oxygens (including phenoxy) is 3. The van der Waals surface area contributed by atoms with E-state index in [4.69, 9.17) is 14.2 Å². The molecule has 6 heteroatoms. The molecule has 0 aliphatic heterocycles. The summed E-state index contributed by atoms with van der Waals surface area (Å²) in [6.07, 6.45) is 39.5. The fraction of sp³-hybridized carbons (Fsp3) is 0.675. The molecule has 0 heterocycles. The number of unbranched alkanes of at least 4 members (excludes halogenated alkanes) is 10. The quantitative estimate of drug-likeness (QED) is 0.0324. The Kier molecular flexibility index (Phi) is 32.8. The number of hydrogen-bond donors (Lipinski definition) is 0. The highest BCUT2D eigenvalue weighted by Gasteiger charge is 2.19. The normalized spacial score (nSPS) is 12.7. The summed E-state index contributed by atoms with van der Waals surface area (Å²) in [7, 11) is 0. The number of rotatable bonds is 31. The SMILES string of the molecule is CC/C=C\C/C=C\CCCCC(=O)OCC(COC(=O)CCCCCC/C=C\CCCC)OC(=O)CCCC/C=C\C/C=C\CC. The third-order valence-corrected chi connectivity index (χ3v) is 7.24. The lowest BCUT2D eigenvalue weighted by Gasteiger charge is -2.18. The molecule has 6 nitrogen and oxygen atoms in total. The molecule has 46 heavy (non-hydrogen) atoms. The van der Waals surface area contributed by atoms with Crippen molar-refractivity contribution in [2.75, 3.05) is 13.2 Å². The average molecular weight is 643 g/mol. The second kappa shape index (κ2) is 35.0. The lowest BCUT2D eigenvalue weighted by atomic mass is 10.1. The maximum absolute atomic E-state index is 12.5. The van der Waals surface area contributed by atoms with Gasteiger partial charge in [0.1, 0.15) is 13.2 Å². The Morgan fingerprint density at radius 2 is 0.848 bits per heavy atom. The molecule has 0 saturated carbocycles. The third-order valence-electron chi connectivity index (χ3n) is 7.24. The van der Waals surface area contributed by atoms with E-state index in [1.807, 2.05) is 0 Å². The van der Waals surface area contributed by atoms with E-state index < -0.39 is 6.10 Å². The standard InChI is InChI=1S/C40H66O6/c1-4-7-10-13-16-19-22-24-27-30-33-39(42)45-36-37(46-40(43)34-31-28-25-21-18-15-12-9-6-3)35-44-38(41)32-29-26-23-20-17-14-11-8-5-2/h8-9,11-13,16-18,20-21,37H,4-7,10,14-15,19,22-36H2,1-3H3/b11-8-,12-9-,16-13-,20-17-,21-18-. The van der Waals surface area contributed by atoms with Crippen LogP contribution in [0.3, 0.4) is 0 Å². The van der Waals surface area contributed by atoms with Gasteiger partial charge in [-0.2, -0.15) is 0 Å². The van der Waals surface area contributed by atoms with Crippen LogP contribution < -0.4 is 0 Å². The Labute approximate surface area is 281 Å². The monoisotopic (exact) mass is 642 g/mol. The number of carbonyl (C=O) groups excluding carboxylic acids is 3. The van der Waals surface area contributed by atoms with Gasteiger partial charge in [-0.1, -0.05) is 107 Å². The van der Waals surface area contributed by atoms with Crippen LogP contribution in [0.25, 0.3) is 0 Å². The van der Waals surface area contributed by atoms with Gasteiger partial charge < -0.3 is 14.2 Å². The van der Waals surface area contributed by atoms with Crippen LogP contribution in [0.4, 0.5) is 0 Å². The first kappa shape index (κ1) is 43.1. The van der Waals surface area contributed by atoms with Crippen molar-refractivity contribution >= 4 is 17.9 Å². The highest BCUT2D eigenvalue weighted by atomic mass is 16.6. The Hall–Kier alpha value is -2.89. The zero-order valence-electron chi connectivity index (χ0n) is 29.6. The Morgan fingerprint density at radius 1 is 0.457 bits per heavy atom. The van der Waals surface area contributed by atoms with E-state index in [0.29, 0.717) is 19.3 Å². The van der Waals surface area contributed by atoms with E-state index in [-0.39, 0.29) is 37.5 Å². The van der Waals surface area contributed by atoms with Crippen LogP contribution in [-0.2, 0) is 28.6 Å². The molecular formula is C40H66O6. The number of carbonyl (C=O) groups is 3. The smallest absolute Gasteiger partial charge is 0.306 e. The van der Waals surface area contributed by atoms with Crippen molar-refractivity contribution in [1.82, 2.24) is 0 Å². The molecule has 0 radical (unpaired) electrons. The summed E-state index contributed by atoms with van der Waals surface area (Å²) in [6.45, 7) is 6.22. The van der Waals surface area contributed by atoms with Gasteiger partial charge in [0.2, 0.25) is 0 Å². The Balaban J connectivity index is 4.49. The molecule has 0 aliphatic rings. The average Bonchev–Trinajstić information content (AvgIpc) is 3.05. The van der Waals surface area contributed by atoms with Gasteiger partial charge in [0.05, 0.1) is 0 Å². The highest BCUT2D eigenvalue weighted by molar-refractivity contribution is 5.71. The first-order valence-corrected chi connectivity index (χ1v) is 18.3. The van der Waals surface area contributed by atoms with E-state index in [0.717, 1.165) is 96.3 Å². The molecule has 0 aromatic heterocycles. The molecule has 0 aromatic rings. The molecule has 0 fully saturated rings. The van der Waals surface area contributed by atoms with E-state index >= 15 is 0 Å². The minimum Gasteiger partial charge on any atom is -0.462 e. The van der Waals surface area contributed by atoms with E-state index in [9.17, 15) is 14.4 Å². The van der Waals surface area contributed by atoms with Crippen molar-refractivity contribution < 1.29 is 28.6 Å². The van der Waals surface area contributed by atoms with Crippen LogP contribution in [0.5, 0.6) is 0 Å². The number of allylic oxidation sites excluding steroid dienone is 10. The van der Waals surface area contributed by atoms with E-state index in [2.05, 4.69) is 81.5 Å². The third kappa shape index (κ3) is 32.5. The molecule has 0 N–H and O–H groups in total. The maximum atomic E-state index is 12.5. The van der Waals surface area contributed by atoms with Crippen LogP contribution in [0.2, 0.25) is 0 Å². The molecule has 0 saturated heterocycles. The van der Waals surface area contributed by atoms with Gasteiger partial charge >= 0.3 is 17.9 Å². The maximum Gasteiger partial charge on any atom is 0.306 e. The minimum atomic E-state index is -0.802. The summed E-state index contributed by atoms with van der Waals surface area (Å²) in [4.78, 5) is 37.2. The fourth-order valence-corrected chi connectivity index (χ4v) is 4.49. The molecule has 1 atom stereocenters. The Morgan fingerprint density at radius 3 is 1.35 bits per heavy atom. The predicted octanol–water partition coefficient (Wildman–Crippen LogP) is 11.0. The molecular weight excluding hydrogens is 576 g/mol. The molecule has 0 aromatic carbocycles. The first-order chi connectivity index (χ1) is 22.5. The number of hydrogen-bond acceptors (Lipinski definition) is 6. The number of esters is 3. The van der Waals surface area contributed by atoms with E-state index in [1.54, 1.807) is 0 Å². The summed E-state index contributed by atoms with van der Waals surface area (Å²) in [5.41, 5.74) is 0. The molecule has 0 aliphatic carbocycles. The largest absolute Gasteiger partial charge is 0.462 e. The minimum absolute atomic E-state index is 0.105. The van der Waals surface area contributed by atoms with Crippen LogP contribution in [0, 0.1) is 0 Å². The topological polar surface area (TPSA) is 78.9 Å². The van der Waals surface area contributed by atoms with Crippen molar-refractivity contribution in [3.05, 3.63) is 60.8 Å². The summed E-state index contributed by atoms with van der Waals surface area (Å²) >= 11 is 0. The lowest BCUT2D eigenvalue weighted by Crippen LogP contribution is -2.30. The van der Waals surface area contributed by atoms with Crippen molar-refractivity contribution in [3.8, 4) is 0 Å². The Bertz CT molecular complexity index is 882. The van der Waals surface area contributed by atoms with Gasteiger partial charge in [0, 0.05) is 19.3 Å². The highest BCUT2D eigenvalue weighted by Crippen LogP contribution is 2.10. The molecule has 0 rings (SSSR count). The van der Waals surface area contributed by atoms with Crippen molar-refractivity contribution in [3.63, 3.8) is 0 Å². The zero-order valence-corrected chi connectivity index (χ0v) is 29.6. The van der Waals surface area contributed by atoms with Crippen LogP contribution in [0.1, 0.15) is 156 Å². The second-order valence-electron chi connectivity index (χ2n) is 11.7. The van der Waals surface area contributed by atoms with Crippen LogP contribution >= 0.6 is 0 Å². The summed E-state index contributed by atoms with van der Waals surface area (Å²) in [6, 6.07) is 0. The summed E-state index contributed by atoms with van der Waals surface area (Å²) in [5, 5.41) is 0. The van der Waals surface area contributed by atoms with E-state index in [1.165, 1.54) is 12.8 Å². The van der Waals surface area contributed by atoms with Crippen LogP contribution in [-0.4, -0.2) is 37.2 Å². The van der Waals surface area contributed by atoms with Gasteiger partial charge in [0.15, 0.2) is 6.10 Å². The zero-order chi connectivity index (χ0) is 33.8. The molecule has 1 unspecified atom stereocenters. The van der Waals surface area contributed by atoms with Gasteiger partial charge in [-0.25, -0.2) is 0 Å². The van der Waals surface area contributed by atoms with Gasteiger partial charge in [-0.3, -0.25) is 14.4 Å². The lowest BCUT2D eigenvalue weighted by molar-refractivity contribution is -0.167. The van der Waals surface area contributed by atoms with Crippen molar-refractivity contribution in [2.45, 2.75) is 162 Å². The predicted molar refractivity (Wildman–Crippen MR) is 191 cm³/mol. The van der Waals surface area contributed by atoms with Gasteiger partial charge in [0.25, 0.3) is 0 Å². The molecule has 262 valence electrons. The summed E-state index contributed by atoms with van der Waals surface area (Å²) < 4.78 is 16.4.